The zero-order chi connectivity index (χ0) is 13.9. The highest BCUT2D eigenvalue weighted by molar-refractivity contribution is 5.14. The SMILES string of the molecule is CC(C)c1cc[n+](CC(C)(C)c2ccccn2)cc1. The van der Waals surface area contributed by atoms with Crippen molar-refractivity contribution < 1.29 is 4.57 Å². The molecule has 2 aromatic rings. The minimum atomic E-state index is 0.0330. The van der Waals surface area contributed by atoms with Crippen LogP contribution in [-0.2, 0) is 12.0 Å². The Morgan fingerprint density at radius 1 is 1.11 bits per heavy atom. The molecular weight excluding hydrogens is 232 g/mol. The first-order valence-corrected chi connectivity index (χ1v) is 6.89. The molecule has 0 aliphatic heterocycles. The van der Waals surface area contributed by atoms with Crippen LogP contribution in [0.4, 0.5) is 0 Å². The summed E-state index contributed by atoms with van der Waals surface area (Å²) in [5, 5.41) is 0. The normalized spacial score (nSPS) is 11.8. The average Bonchev–Trinajstić information content (AvgIpc) is 2.40. The van der Waals surface area contributed by atoms with Gasteiger partial charge in [0, 0.05) is 18.3 Å². The fourth-order valence-corrected chi connectivity index (χ4v) is 2.26. The first-order valence-electron chi connectivity index (χ1n) is 6.89. The quantitative estimate of drug-likeness (QED) is 0.764. The second kappa shape index (κ2) is 5.52. The van der Waals surface area contributed by atoms with E-state index in [9.17, 15) is 0 Å². The van der Waals surface area contributed by atoms with Crippen LogP contribution in [0.3, 0.4) is 0 Å². The third-order valence-corrected chi connectivity index (χ3v) is 3.52. The van der Waals surface area contributed by atoms with Gasteiger partial charge in [0.15, 0.2) is 18.9 Å². The van der Waals surface area contributed by atoms with Crippen LogP contribution in [0.2, 0.25) is 0 Å². The monoisotopic (exact) mass is 255 g/mol. The van der Waals surface area contributed by atoms with E-state index in [1.165, 1.54) is 5.56 Å². The van der Waals surface area contributed by atoms with Gasteiger partial charge >= 0.3 is 0 Å². The standard InChI is InChI=1S/C17H23N2/c1-14(2)15-8-11-19(12-9-15)13-17(3,4)16-7-5-6-10-18-16/h5-12,14H,13H2,1-4H3/q+1. The molecule has 0 N–H and O–H groups in total. The van der Waals surface area contributed by atoms with Gasteiger partial charge in [-0.2, -0.15) is 0 Å². The van der Waals surface area contributed by atoms with Crippen LogP contribution in [0.1, 0.15) is 44.9 Å². The number of hydrogen-bond acceptors (Lipinski definition) is 1. The number of rotatable bonds is 4. The lowest BCUT2D eigenvalue weighted by Crippen LogP contribution is -2.43. The third kappa shape index (κ3) is 3.40. The number of hydrogen-bond donors (Lipinski definition) is 0. The molecule has 100 valence electrons. The van der Waals surface area contributed by atoms with Gasteiger partial charge in [0.25, 0.3) is 0 Å². The Balaban J connectivity index is 2.16. The zero-order valence-corrected chi connectivity index (χ0v) is 12.3. The molecule has 2 rings (SSSR count). The Morgan fingerprint density at radius 2 is 1.79 bits per heavy atom. The molecule has 2 nitrogen and oxygen atoms in total. The van der Waals surface area contributed by atoms with E-state index in [0.29, 0.717) is 5.92 Å². The van der Waals surface area contributed by atoms with E-state index < -0.39 is 0 Å². The molecule has 0 unspecified atom stereocenters. The molecule has 0 aliphatic carbocycles. The summed E-state index contributed by atoms with van der Waals surface area (Å²) < 4.78 is 2.24. The lowest BCUT2D eigenvalue weighted by atomic mass is 9.88. The summed E-state index contributed by atoms with van der Waals surface area (Å²) in [6, 6.07) is 10.5. The Labute approximate surface area is 116 Å². The highest BCUT2D eigenvalue weighted by atomic mass is 14.9. The van der Waals surface area contributed by atoms with Gasteiger partial charge in [0.1, 0.15) is 0 Å². The predicted molar refractivity (Wildman–Crippen MR) is 78.0 cm³/mol. The van der Waals surface area contributed by atoms with Gasteiger partial charge in [-0.3, -0.25) is 4.98 Å². The summed E-state index contributed by atoms with van der Waals surface area (Å²) >= 11 is 0. The van der Waals surface area contributed by atoms with Crippen molar-refractivity contribution in [2.24, 2.45) is 0 Å². The minimum Gasteiger partial charge on any atom is -0.260 e. The van der Waals surface area contributed by atoms with Gasteiger partial charge in [0.2, 0.25) is 0 Å². The highest BCUT2D eigenvalue weighted by Crippen LogP contribution is 2.21. The maximum atomic E-state index is 4.48. The van der Waals surface area contributed by atoms with E-state index >= 15 is 0 Å². The maximum absolute atomic E-state index is 4.48. The second-order valence-corrected chi connectivity index (χ2v) is 6.06. The summed E-state index contributed by atoms with van der Waals surface area (Å²) in [5.74, 6) is 0.582. The number of pyridine rings is 2. The third-order valence-electron chi connectivity index (χ3n) is 3.52. The van der Waals surface area contributed by atoms with E-state index in [0.717, 1.165) is 12.2 Å². The van der Waals surface area contributed by atoms with Crippen LogP contribution in [0, 0.1) is 0 Å². The summed E-state index contributed by atoms with van der Waals surface area (Å²) in [6.07, 6.45) is 6.20. The van der Waals surface area contributed by atoms with Gasteiger partial charge in [-0.05, 0) is 37.5 Å². The minimum absolute atomic E-state index is 0.0330. The van der Waals surface area contributed by atoms with Gasteiger partial charge < -0.3 is 0 Å². The first-order chi connectivity index (χ1) is 8.99. The Morgan fingerprint density at radius 3 is 2.32 bits per heavy atom. The van der Waals surface area contributed by atoms with E-state index in [4.69, 9.17) is 0 Å². The molecule has 0 saturated heterocycles. The fourth-order valence-electron chi connectivity index (χ4n) is 2.26. The molecule has 0 aromatic carbocycles. The largest absolute Gasteiger partial charge is 0.260 e. The maximum Gasteiger partial charge on any atom is 0.169 e. The second-order valence-electron chi connectivity index (χ2n) is 6.06. The molecule has 0 bridgehead atoms. The van der Waals surface area contributed by atoms with E-state index in [-0.39, 0.29) is 5.41 Å². The van der Waals surface area contributed by atoms with Gasteiger partial charge in [0.05, 0.1) is 11.1 Å². The fraction of sp³-hybridized carbons (Fsp3) is 0.412. The van der Waals surface area contributed by atoms with Crippen molar-refractivity contribution in [3.63, 3.8) is 0 Å². The molecule has 0 aliphatic rings. The van der Waals surface area contributed by atoms with Crippen molar-refractivity contribution in [2.45, 2.75) is 45.6 Å². The first kappa shape index (κ1) is 13.7. The van der Waals surface area contributed by atoms with Crippen molar-refractivity contribution in [2.75, 3.05) is 0 Å². The van der Waals surface area contributed by atoms with Gasteiger partial charge in [-0.1, -0.05) is 19.9 Å². The van der Waals surface area contributed by atoms with Crippen LogP contribution in [0.5, 0.6) is 0 Å². The van der Waals surface area contributed by atoms with Crippen molar-refractivity contribution in [3.8, 4) is 0 Å². The van der Waals surface area contributed by atoms with Crippen molar-refractivity contribution in [1.29, 1.82) is 0 Å². The Hall–Kier alpha value is -1.70. The highest BCUT2D eigenvalue weighted by Gasteiger charge is 2.26. The molecule has 0 radical (unpaired) electrons. The number of nitrogens with zero attached hydrogens (tertiary/aromatic N) is 2. The Bertz CT molecular complexity index is 513. The topological polar surface area (TPSA) is 16.8 Å². The van der Waals surface area contributed by atoms with E-state index in [2.05, 4.69) is 73.9 Å². The van der Waals surface area contributed by atoms with Crippen LogP contribution in [0.25, 0.3) is 0 Å². The molecule has 2 heteroatoms. The van der Waals surface area contributed by atoms with E-state index in [1.54, 1.807) is 0 Å². The molecule has 0 spiro atoms. The lowest BCUT2D eigenvalue weighted by molar-refractivity contribution is -0.704. The average molecular weight is 255 g/mol. The van der Waals surface area contributed by atoms with Crippen LogP contribution in [0.15, 0.2) is 48.9 Å². The molecule has 0 fully saturated rings. The van der Waals surface area contributed by atoms with Gasteiger partial charge in [-0.15, -0.1) is 0 Å². The Kier molecular flexibility index (Phi) is 3.98. The van der Waals surface area contributed by atoms with Crippen molar-refractivity contribution >= 4 is 0 Å². The van der Waals surface area contributed by atoms with E-state index in [1.807, 2.05) is 12.3 Å². The molecule has 19 heavy (non-hydrogen) atoms. The molecule has 0 saturated carbocycles. The van der Waals surface area contributed by atoms with Crippen LogP contribution in [-0.4, -0.2) is 4.98 Å². The number of aromatic nitrogens is 2. The smallest absolute Gasteiger partial charge is 0.169 e. The summed E-state index contributed by atoms with van der Waals surface area (Å²) in [5.41, 5.74) is 2.55. The molecule has 2 heterocycles. The van der Waals surface area contributed by atoms with Crippen LogP contribution >= 0.6 is 0 Å². The molecule has 0 atom stereocenters. The molecular formula is C17H23N2+. The zero-order valence-electron chi connectivity index (χ0n) is 12.3. The molecule has 2 aromatic heterocycles. The summed E-state index contributed by atoms with van der Waals surface area (Å²) in [4.78, 5) is 4.48. The predicted octanol–water partition coefficient (Wildman–Crippen LogP) is 3.47. The van der Waals surface area contributed by atoms with Crippen molar-refractivity contribution in [3.05, 3.63) is 60.2 Å². The van der Waals surface area contributed by atoms with Gasteiger partial charge in [-0.25, -0.2) is 4.57 Å². The lowest BCUT2D eigenvalue weighted by Gasteiger charge is -2.20. The van der Waals surface area contributed by atoms with Crippen LogP contribution < -0.4 is 4.57 Å². The van der Waals surface area contributed by atoms with Crippen molar-refractivity contribution in [1.82, 2.24) is 4.98 Å². The summed E-state index contributed by atoms with van der Waals surface area (Å²) in [7, 11) is 0. The molecule has 0 amide bonds. The summed E-state index contributed by atoms with van der Waals surface area (Å²) in [6.45, 7) is 9.84.